The molecule has 0 aliphatic rings. The number of nitrogens with zero attached hydrogens (tertiary/aromatic N) is 3. The molecule has 0 unspecified atom stereocenters. The van der Waals surface area contributed by atoms with Crippen molar-refractivity contribution in [3.63, 3.8) is 0 Å². The fourth-order valence-corrected chi connectivity index (χ4v) is 2.84. The molecule has 1 aromatic heterocycles. The standard InChI is InChI=1S/C20H16F3N3O4/c1-11-6-7-15(8-12(11)2)26-19(30)25(17(27)16(24-26)18(28)29)10-13-4-3-5-14(9-13)20(21,22)23/h3-9H,10H2,1-2H3,(H,28,29). The third-order valence-corrected chi connectivity index (χ3v) is 4.59. The molecule has 2 aromatic carbocycles. The van der Waals surface area contributed by atoms with E-state index in [1.54, 1.807) is 19.1 Å². The second-order valence-corrected chi connectivity index (χ2v) is 6.71. The van der Waals surface area contributed by atoms with Gasteiger partial charge in [-0.25, -0.2) is 9.59 Å². The minimum absolute atomic E-state index is 0.0122. The Balaban J connectivity index is 2.21. The van der Waals surface area contributed by atoms with Crippen LogP contribution in [-0.4, -0.2) is 25.4 Å². The molecule has 0 bridgehead atoms. The second kappa shape index (κ2) is 7.62. The Labute approximate surface area is 167 Å². The van der Waals surface area contributed by atoms with Crippen molar-refractivity contribution in [2.24, 2.45) is 0 Å². The minimum Gasteiger partial charge on any atom is -0.476 e. The van der Waals surface area contributed by atoms with Gasteiger partial charge in [0, 0.05) is 0 Å². The third kappa shape index (κ3) is 4.02. The molecule has 0 amide bonds. The molecule has 3 aromatic rings. The second-order valence-electron chi connectivity index (χ2n) is 6.71. The highest BCUT2D eigenvalue weighted by Gasteiger charge is 2.30. The smallest absolute Gasteiger partial charge is 0.416 e. The highest BCUT2D eigenvalue weighted by Crippen LogP contribution is 2.29. The van der Waals surface area contributed by atoms with Crippen molar-refractivity contribution in [2.45, 2.75) is 26.6 Å². The lowest BCUT2D eigenvalue weighted by molar-refractivity contribution is -0.137. The predicted octanol–water partition coefficient (Wildman–Crippen LogP) is 2.78. The normalized spacial score (nSPS) is 11.5. The number of rotatable bonds is 4. The Hall–Kier alpha value is -3.69. The Morgan fingerprint density at radius 3 is 2.37 bits per heavy atom. The van der Waals surface area contributed by atoms with Crippen LogP contribution in [0.15, 0.2) is 52.1 Å². The molecule has 1 N–H and O–H groups in total. The molecule has 10 heteroatoms. The molecule has 0 saturated carbocycles. The molecule has 0 atom stereocenters. The first kappa shape index (κ1) is 21.0. The lowest BCUT2D eigenvalue weighted by atomic mass is 10.1. The van der Waals surface area contributed by atoms with E-state index < -0.39 is 41.2 Å². The fourth-order valence-electron chi connectivity index (χ4n) is 2.84. The van der Waals surface area contributed by atoms with Crippen molar-refractivity contribution in [2.75, 3.05) is 0 Å². The van der Waals surface area contributed by atoms with E-state index in [0.717, 1.165) is 34.0 Å². The lowest BCUT2D eigenvalue weighted by Gasteiger charge is -2.13. The molecule has 0 aliphatic heterocycles. The quantitative estimate of drug-likeness (QED) is 0.702. The summed E-state index contributed by atoms with van der Waals surface area (Å²) in [4.78, 5) is 36.9. The number of aryl methyl sites for hydroxylation is 2. The van der Waals surface area contributed by atoms with Gasteiger partial charge in [-0.2, -0.15) is 23.0 Å². The van der Waals surface area contributed by atoms with Gasteiger partial charge >= 0.3 is 17.8 Å². The number of aromatic carboxylic acids is 1. The van der Waals surface area contributed by atoms with E-state index in [9.17, 15) is 32.7 Å². The first-order chi connectivity index (χ1) is 14.0. The molecule has 3 rings (SSSR count). The average molecular weight is 419 g/mol. The van der Waals surface area contributed by atoms with Crippen LogP contribution in [0.3, 0.4) is 0 Å². The van der Waals surface area contributed by atoms with E-state index in [2.05, 4.69) is 5.10 Å². The van der Waals surface area contributed by atoms with E-state index in [1.165, 1.54) is 12.1 Å². The van der Waals surface area contributed by atoms with Gasteiger partial charge in [0.15, 0.2) is 0 Å². The number of carboxylic acids is 1. The van der Waals surface area contributed by atoms with Crippen molar-refractivity contribution < 1.29 is 23.1 Å². The van der Waals surface area contributed by atoms with Crippen molar-refractivity contribution in [3.8, 4) is 5.69 Å². The summed E-state index contributed by atoms with van der Waals surface area (Å²) in [7, 11) is 0. The van der Waals surface area contributed by atoms with Crippen molar-refractivity contribution in [1.29, 1.82) is 0 Å². The molecule has 0 spiro atoms. The van der Waals surface area contributed by atoms with E-state index in [1.807, 2.05) is 6.92 Å². The van der Waals surface area contributed by atoms with Gasteiger partial charge < -0.3 is 5.11 Å². The van der Waals surface area contributed by atoms with Gasteiger partial charge in [0.1, 0.15) is 0 Å². The van der Waals surface area contributed by atoms with Crippen LogP contribution >= 0.6 is 0 Å². The number of aromatic nitrogens is 3. The summed E-state index contributed by atoms with van der Waals surface area (Å²) in [6, 6.07) is 8.92. The molecule has 0 fully saturated rings. The highest BCUT2D eigenvalue weighted by molar-refractivity contribution is 5.84. The number of carboxylic acid groups (broad SMARTS) is 1. The molecule has 7 nitrogen and oxygen atoms in total. The summed E-state index contributed by atoms with van der Waals surface area (Å²) >= 11 is 0. The van der Waals surface area contributed by atoms with Crippen molar-refractivity contribution in [1.82, 2.24) is 14.3 Å². The maximum absolute atomic E-state index is 13.0. The van der Waals surface area contributed by atoms with Gasteiger partial charge in [-0.3, -0.25) is 9.36 Å². The summed E-state index contributed by atoms with van der Waals surface area (Å²) in [6.45, 7) is 3.07. The third-order valence-electron chi connectivity index (χ3n) is 4.59. The number of carbonyl (C=O) groups is 1. The first-order valence-corrected chi connectivity index (χ1v) is 8.70. The summed E-state index contributed by atoms with van der Waals surface area (Å²) in [5.74, 6) is -1.66. The summed E-state index contributed by atoms with van der Waals surface area (Å²) < 4.78 is 40.2. The predicted molar refractivity (Wildman–Crippen MR) is 101 cm³/mol. The van der Waals surface area contributed by atoms with Crippen LogP contribution in [0, 0.1) is 13.8 Å². The van der Waals surface area contributed by atoms with E-state index in [4.69, 9.17) is 0 Å². The van der Waals surface area contributed by atoms with Gasteiger partial charge in [0.2, 0.25) is 5.69 Å². The molecule has 30 heavy (non-hydrogen) atoms. The number of halogens is 3. The van der Waals surface area contributed by atoms with Gasteiger partial charge in [0.05, 0.1) is 17.8 Å². The van der Waals surface area contributed by atoms with Crippen LogP contribution in [0.4, 0.5) is 13.2 Å². The van der Waals surface area contributed by atoms with E-state index >= 15 is 0 Å². The molecular weight excluding hydrogens is 403 g/mol. The maximum Gasteiger partial charge on any atom is 0.416 e. The number of hydrogen-bond acceptors (Lipinski definition) is 4. The summed E-state index contributed by atoms with van der Waals surface area (Å²) in [5, 5.41) is 13.0. The molecule has 0 radical (unpaired) electrons. The average Bonchev–Trinajstić information content (AvgIpc) is 2.67. The van der Waals surface area contributed by atoms with Gasteiger partial charge in [-0.1, -0.05) is 18.2 Å². The number of alkyl halides is 3. The van der Waals surface area contributed by atoms with E-state index in [-0.39, 0.29) is 11.3 Å². The Bertz CT molecular complexity index is 1260. The molecule has 156 valence electrons. The Morgan fingerprint density at radius 1 is 1.07 bits per heavy atom. The topological polar surface area (TPSA) is 94.2 Å². The lowest BCUT2D eigenvalue weighted by Crippen LogP contribution is -2.44. The van der Waals surface area contributed by atoms with E-state index in [0.29, 0.717) is 4.57 Å². The van der Waals surface area contributed by atoms with Gasteiger partial charge in [-0.15, -0.1) is 0 Å². The molecular formula is C20H16F3N3O4. The number of benzene rings is 2. The highest BCUT2D eigenvalue weighted by atomic mass is 19.4. The van der Waals surface area contributed by atoms with Gasteiger partial charge in [-0.05, 0) is 54.8 Å². The SMILES string of the molecule is Cc1ccc(-n2nc(C(=O)O)c(=O)n(Cc3cccc(C(F)(F)F)c3)c2=O)cc1C. The monoisotopic (exact) mass is 419 g/mol. The van der Waals surface area contributed by atoms with Gasteiger partial charge in [0.25, 0.3) is 5.56 Å². The van der Waals surface area contributed by atoms with Crippen molar-refractivity contribution >= 4 is 5.97 Å². The Morgan fingerprint density at radius 2 is 1.77 bits per heavy atom. The maximum atomic E-state index is 13.0. The van der Waals surface area contributed by atoms with Crippen LogP contribution in [0.25, 0.3) is 5.69 Å². The zero-order valence-electron chi connectivity index (χ0n) is 15.9. The zero-order valence-corrected chi connectivity index (χ0v) is 15.9. The largest absolute Gasteiger partial charge is 0.476 e. The van der Waals surface area contributed by atoms with Crippen LogP contribution < -0.4 is 11.2 Å². The zero-order chi connectivity index (χ0) is 22.2. The van der Waals surface area contributed by atoms with Crippen molar-refractivity contribution in [3.05, 3.63) is 91.3 Å². The molecule has 1 heterocycles. The summed E-state index contributed by atoms with van der Waals surface area (Å²) in [5.41, 5.74) is -2.08. The Kier molecular flexibility index (Phi) is 5.34. The number of hydrogen-bond donors (Lipinski definition) is 1. The van der Waals surface area contributed by atoms with Crippen LogP contribution in [0.2, 0.25) is 0 Å². The van der Waals surface area contributed by atoms with Crippen LogP contribution in [0.5, 0.6) is 0 Å². The van der Waals surface area contributed by atoms with Crippen LogP contribution in [-0.2, 0) is 12.7 Å². The summed E-state index contributed by atoms with van der Waals surface area (Å²) in [6.07, 6.45) is -4.61. The minimum atomic E-state index is -4.61. The first-order valence-electron chi connectivity index (χ1n) is 8.70. The molecule has 0 saturated heterocycles. The molecule has 0 aliphatic carbocycles. The fraction of sp³-hybridized carbons (Fsp3) is 0.200. The van der Waals surface area contributed by atoms with Crippen LogP contribution in [0.1, 0.15) is 32.7 Å².